The topological polar surface area (TPSA) is 35.8 Å². The van der Waals surface area contributed by atoms with Crippen molar-refractivity contribution in [3.63, 3.8) is 0 Å². The van der Waals surface area contributed by atoms with Crippen LogP contribution >= 0.6 is 23.2 Å². The van der Waals surface area contributed by atoms with Gasteiger partial charge in [0.25, 0.3) is 0 Å². The molecule has 0 radical (unpaired) electrons. The fourth-order valence-electron chi connectivity index (χ4n) is 1.60. The molecule has 1 N–H and O–H groups in total. The third-order valence-electron chi connectivity index (χ3n) is 2.49. The average Bonchev–Trinajstić information content (AvgIpc) is 2.36. The molecule has 0 spiro atoms. The molecule has 2 rings (SSSR count). The normalized spacial score (nSPS) is 9.89. The van der Waals surface area contributed by atoms with E-state index >= 15 is 0 Å². The van der Waals surface area contributed by atoms with Gasteiger partial charge in [-0.25, -0.2) is 0 Å². The maximum absolute atomic E-state index is 9.10. The summed E-state index contributed by atoms with van der Waals surface area (Å²) >= 11 is 12.0. The van der Waals surface area contributed by atoms with Gasteiger partial charge >= 0.3 is 0 Å². The molecule has 0 aliphatic carbocycles. The lowest BCUT2D eigenvalue weighted by Gasteiger charge is -2.10. The van der Waals surface area contributed by atoms with E-state index in [4.69, 9.17) is 28.5 Å². The molecule has 4 heteroatoms. The van der Waals surface area contributed by atoms with E-state index in [9.17, 15) is 0 Å². The number of nitrogens with one attached hydrogen (secondary N) is 1. The molecule has 2 aromatic rings. The van der Waals surface area contributed by atoms with Gasteiger partial charge in [0, 0.05) is 5.02 Å². The van der Waals surface area contributed by atoms with E-state index in [1.807, 2.05) is 25.1 Å². The van der Waals surface area contributed by atoms with Gasteiger partial charge in [-0.15, -0.1) is 0 Å². The van der Waals surface area contributed by atoms with Crippen molar-refractivity contribution in [1.29, 1.82) is 5.26 Å². The molecule has 0 aliphatic heterocycles. The average molecular weight is 277 g/mol. The zero-order valence-corrected chi connectivity index (χ0v) is 11.2. The van der Waals surface area contributed by atoms with Gasteiger partial charge in [-0.2, -0.15) is 5.26 Å². The smallest absolute Gasteiger partial charge is 0.101 e. The van der Waals surface area contributed by atoms with E-state index in [2.05, 4.69) is 11.4 Å². The van der Waals surface area contributed by atoms with Crippen molar-refractivity contribution in [2.75, 3.05) is 5.32 Å². The molecule has 0 saturated carbocycles. The van der Waals surface area contributed by atoms with Crippen LogP contribution in [-0.2, 0) is 0 Å². The van der Waals surface area contributed by atoms with Crippen LogP contribution in [0, 0.1) is 18.3 Å². The minimum absolute atomic E-state index is 0.559. The largest absolute Gasteiger partial charge is 0.353 e. The highest BCUT2D eigenvalue weighted by Crippen LogP contribution is 2.29. The Morgan fingerprint density at radius 2 is 1.83 bits per heavy atom. The van der Waals surface area contributed by atoms with Crippen molar-refractivity contribution in [3.8, 4) is 6.07 Å². The molecule has 2 aromatic carbocycles. The number of aryl methyl sites for hydroxylation is 1. The van der Waals surface area contributed by atoms with Crippen molar-refractivity contribution in [1.82, 2.24) is 0 Å². The van der Waals surface area contributed by atoms with Crippen LogP contribution in [0.5, 0.6) is 0 Å². The standard InChI is InChI=1S/C14H10Cl2N2/c1-9-2-5-13(10(6-9)8-17)18-14-7-11(15)3-4-12(14)16/h2-7,18H,1H3. The van der Waals surface area contributed by atoms with Crippen LogP contribution in [0.1, 0.15) is 11.1 Å². The molecule has 0 atom stereocenters. The Morgan fingerprint density at radius 1 is 1.06 bits per heavy atom. The van der Waals surface area contributed by atoms with Crippen LogP contribution < -0.4 is 5.32 Å². The Balaban J connectivity index is 2.40. The second-order valence-corrected chi connectivity index (χ2v) is 4.75. The summed E-state index contributed by atoms with van der Waals surface area (Å²) in [6.07, 6.45) is 0. The highest BCUT2D eigenvalue weighted by Gasteiger charge is 2.06. The molecule has 0 unspecified atom stereocenters. The molecule has 90 valence electrons. The predicted molar refractivity (Wildman–Crippen MR) is 75.6 cm³/mol. The zero-order valence-electron chi connectivity index (χ0n) is 9.67. The minimum Gasteiger partial charge on any atom is -0.353 e. The molecule has 0 amide bonds. The molecule has 0 fully saturated rings. The fraction of sp³-hybridized carbons (Fsp3) is 0.0714. The van der Waals surface area contributed by atoms with Crippen molar-refractivity contribution < 1.29 is 0 Å². The SMILES string of the molecule is Cc1ccc(Nc2cc(Cl)ccc2Cl)c(C#N)c1. The van der Waals surface area contributed by atoms with E-state index in [0.29, 0.717) is 27.0 Å². The number of anilines is 2. The number of nitrogens with zero attached hydrogens (tertiary/aromatic N) is 1. The Labute approximate surface area is 116 Å². The van der Waals surface area contributed by atoms with Gasteiger partial charge in [0.15, 0.2) is 0 Å². The Kier molecular flexibility index (Phi) is 3.76. The monoisotopic (exact) mass is 276 g/mol. The van der Waals surface area contributed by atoms with Gasteiger partial charge in [-0.3, -0.25) is 0 Å². The van der Waals surface area contributed by atoms with Gasteiger partial charge in [-0.1, -0.05) is 29.3 Å². The maximum atomic E-state index is 9.10. The second-order valence-electron chi connectivity index (χ2n) is 3.91. The summed E-state index contributed by atoms with van der Waals surface area (Å²) < 4.78 is 0. The number of hydrogen-bond acceptors (Lipinski definition) is 2. The summed E-state index contributed by atoms with van der Waals surface area (Å²) in [6.45, 7) is 1.94. The first-order valence-electron chi connectivity index (χ1n) is 5.33. The first-order chi connectivity index (χ1) is 8.60. The van der Waals surface area contributed by atoms with E-state index in [-0.39, 0.29) is 0 Å². The van der Waals surface area contributed by atoms with Gasteiger partial charge in [0.05, 0.1) is 22.0 Å². The van der Waals surface area contributed by atoms with Crippen molar-refractivity contribution in [2.24, 2.45) is 0 Å². The lowest BCUT2D eigenvalue weighted by molar-refractivity contribution is 1.40. The number of hydrogen-bond donors (Lipinski definition) is 1. The molecule has 0 bridgehead atoms. The number of benzene rings is 2. The molecule has 0 saturated heterocycles. The van der Waals surface area contributed by atoms with Crippen LogP contribution in [0.2, 0.25) is 10.0 Å². The predicted octanol–water partition coefficient (Wildman–Crippen LogP) is 4.92. The van der Waals surface area contributed by atoms with Gasteiger partial charge in [-0.05, 0) is 42.8 Å². The Hall–Kier alpha value is -1.69. The molecule has 0 aliphatic rings. The van der Waals surface area contributed by atoms with Gasteiger partial charge < -0.3 is 5.32 Å². The Morgan fingerprint density at radius 3 is 2.56 bits per heavy atom. The highest BCUT2D eigenvalue weighted by atomic mass is 35.5. The Bertz CT molecular complexity index is 630. The highest BCUT2D eigenvalue weighted by molar-refractivity contribution is 6.35. The molecule has 18 heavy (non-hydrogen) atoms. The number of nitriles is 1. The van der Waals surface area contributed by atoms with E-state index in [0.717, 1.165) is 5.56 Å². The number of rotatable bonds is 2. The summed E-state index contributed by atoms with van der Waals surface area (Å²) in [7, 11) is 0. The second kappa shape index (κ2) is 5.30. The van der Waals surface area contributed by atoms with Crippen molar-refractivity contribution in [2.45, 2.75) is 6.92 Å². The first kappa shape index (κ1) is 12.8. The van der Waals surface area contributed by atoms with Crippen LogP contribution in [0.15, 0.2) is 36.4 Å². The minimum atomic E-state index is 0.559. The fourth-order valence-corrected chi connectivity index (χ4v) is 1.93. The van der Waals surface area contributed by atoms with Crippen LogP contribution in [-0.4, -0.2) is 0 Å². The maximum Gasteiger partial charge on any atom is 0.101 e. The molecule has 2 nitrogen and oxygen atoms in total. The van der Waals surface area contributed by atoms with E-state index in [1.165, 1.54) is 0 Å². The third-order valence-corrected chi connectivity index (χ3v) is 3.06. The first-order valence-corrected chi connectivity index (χ1v) is 6.08. The summed E-state index contributed by atoms with van der Waals surface area (Å²) in [5.41, 5.74) is 3.01. The third kappa shape index (κ3) is 2.76. The van der Waals surface area contributed by atoms with Gasteiger partial charge in [0.2, 0.25) is 0 Å². The summed E-state index contributed by atoms with van der Waals surface area (Å²) in [5.74, 6) is 0. The van der Waals surface area contributed by atoms with Crippen molar-refractivity contribution >= 4 is 34.6 Å². The van der Waals surface area contributed by atoms with E-state index < -0.39 is 0 Å². The van der Waals surface area contributed by atoms with E-state index in [1.54, 1.807) is 18.2 Å². The molecular formula is C14H10Cl2N2. The van der Waals surface area contributed by atoms with Crippen LogP contribution in [0.25, 0.3) is 0 Å². The summed E-state index contributed by atoms with van der Waals surface area (Å²) in [5, 5.41) is 13.4. The quantitative estimate of drug-likeness (QED) is 0.845. The summed E-state index contributed by atoms with van der Waals surface area (Å²) in [6, 6.07) is 12.9. The molecule has 0 heterocycles. The number of halogens is 2. The van der Waals surface area contributed by atoms with Gasteiger partial charge in [0.1, 0.15) is 6.07 Å². The lowest BCUT2D eigenvalue weighted by Crippen LogP contribution is -1.95. The molecule has 0 aromatic heterocycles. The summed E-state index contributed by atoms with van der Waals surface area (Å²) in [4.78, 5) is 0. The molecular weight excluding hydrogens is 267 g/mol. The zero-order chi connectivity index (χ0) is 13.1. The van der Waals surface area contributed by atoms with Crippen LogP contribution in [0.3, 0.4) is 0 Å². The van der Waals surface area contributed by atoms with Crippen LogP contribution in [0.4, 0.5) is 11.4 Å². The lowest BCUT2D eigenvalue weighted by atomic mass is 10.1. The van der Waals surface area contributed by atoms with Crippen molar-refractivity contribution in [3.05, 3.63) is 57.6 Å².